The topological polar surface area (TPSA) is 45.7 Å². The molecule has 0 bridgehead atoms. The highest BCUT2D eigenvalue weighted by Gasteiger charge is 2.37. The molecule has 4 nitrogen and oxygen atoms in total. The van der Waals surface area contributed by atoms with E-state index in [4.69, 9.17) is 4.74 Å². The van der Waals surface area contributed by atoms with Gasteiger partial charge in [0.05, 0.1) is 6.61 Å². The molecule has 16 heavy (non-hydrogen) atoms. The summed E-state index contributed by atoms with van der Waals surface area (Å²) in [6, 6.07) is 0.658. The van der Waals surface area contributed by atoms with Gasteiger partial charge in [0.15, 0.2) is 5.96 Å². The van der Waals surface area contributed by atoms with E-state index in [-0.39, 0.29) is 0 Å². The van der Waals surface area contributed by atoms with Crippen LogP contribution in [0.2, 0.25) is 0 Å². The molecular weight excluding hydrogens is 202 g/mol. The number of methoxy groups -OCH3 is 1. The van der Waals surface area contributed by atoms with Crippen molar-refractivity contribution in [1.82, 2.24) is 10.6 Å². The summed E-state index contributed by atoms with van der Waals surface area (Å²) >= 11 is 0. The molecule has 0 heterocycles. The molecule has 92 valence electrons. The monoisotopic (exact) mass is 225 g/mol. The highest BCUT2D eigenvalue weighted by molar-refractivity contribution is 5.80. The second kappa shape index (κ2) is 5.04. The molecule has 2 saturated carbocycles. The van der Waals surface area contributed by atoms with Crippen LogP contribution in [-0.4, -0.2) is 39.3 Å². The van der Waals surface area contributed by atoms with E-state index >= 15 is 0 Å². The number of rotatable bonds is 5. The Morgan fingerprint density at radius 1 is 1.44 bits per heavy atom. The van der Waals surface area contributed by atoms with Gasteiger partial charge in [-0.05, 0) is 25.7 Å². The minimum absolute atomic E-state index is 0.357. The Bertz CT molecular complexity index is 257. The van der Waals surface area contributed by atoms with Crippen molar-refractivity contribution in [2.24, 2.45) is 10.4 Å². The predicted octanol–water partition coefficient (Wildman–Crippen LogP) is 1.13. The lowest BCUT2D eigenvalue weighted by atomic mass is 9.69. The maximum atomic E-state index is 5.31. The Hall–Kier alpha value is -0.770. The van der Waals surface area contributed by atoms with Gasteiger partial charge in [0.1, 0.15) is 0 Å². The van der Waals surface area contributed by atoms with E-state index in [9.17, 15) is 0 Å². The molecule has 2 rings (SSSR count). The fraction of sp³-hybridized carbons (Fsp3) is 0.917. The van der Waals surface area contributed by atoms with Gasteiger partial charge in [0.2, 0.25) is 0 Å². The quantitative estimate of drug-likeness (QED) is 0.544. The summed E-state index contributed by atoms with van der Waals surface area (Å²) in [6.07, 6.45) is 6.44. The summed E-state index contributed by atoms with van der Waals surface area (Å²) < 4.78 is 5.31. The fourth-order valence-corrected chi connectivity index (χ4v) is 2.24. The van der Waals surface area contributed by atoms with E-state index < -0.39 is 0 Å². The van der Waals surface area contributed by atoms with Crippen LogP contribution in [0, 0.1) is 5.41 Å². The largest absolute Gasteiger partial charge is 0.384 e. The van der Waals surface area contributed by atoms with Crippen LogP contribution in [0.5, 0.6) is 0 Å². The zero-order chi connectivity index (χ0) is 11.4. The summed E-state index contributed by atoms with van der Waals surface area (Å²) in [5.41, 5.74) is 0.357. The van der Waals surface area contributed by atoms with Crippen molar-refractivity contribution in [3.8, 4) is 0 Å². The standard InChI is InChI=1S/C12H23N3O/c1-13-11(15-10-4-5-10)14-8-12(9-16-2)6-3-7-12/h10H,3-9H2,1-2H3,(H2,13,14,15). The molecular formula is C12H23N3O. The Balaban J connectivity index is 1.75. The molecule has 0 unspecified atom stereocenters. The minimum atomic E-state index is 0.357. The second-order valence-corrected chi connectivity index (χ2v) is 5.13. The Labute approximate surface area is 97.9 Å². The number of guanidine groups is 1. The molecule has 4 heteroatoms. The lowest BCUT2D eigenvalue weighted by Crippen LogP contribution is -2.48. The first kappa shape index (κ1) is 11.7. The molecule has 0 aromatic heterocycles. The van der Waals surface area contributed by atoms with Gasteiger partial charge >= 0.3 is 0 Å². The Morgan fingerprint density at radius 2 is 2.19 bits per heavy atom. The summed E-state index contributed by atoms with van der Waals surface area (Å²) in [5, 5.41) is 6.83. The van der Waals surface area contributed by atoms with Gasteiger partial charge in [-0.25, -0.2) is 0 Å². The Morgan fingerprint density at radius 3 is 2.62 bits per heavy atom. The van der Waals surface area contributed by atoms with Gasteiger partial charge in [-0.1, -0.05) is 6.42 Å². The smallest absolute Gasteiger partial charge is 0.191 e. The number of hydrogen-bond donors (Lipinski definition) is 2. The lowest BCUT2D eigenvalue weighted by molar-refractivity contribution is 0.0212. The van der Waals surface area contributed by atoms with Crippen LogP contribution in [0.4, 0.5) is 0 Å². The average molecular weight is 225 g/mol. The van der Waals surface area contributed by atoms with Crippen LogP contribution < -0.4 is 10.6 Å². The van der Waals surface area contributed by atoms with Crippen molar-refractivity contribution in [2.45, 2.75) is 38.1 Å². The maximum Gasteiger partial charge on any atom is 0.191 e. The number of ether oxygens (including phenoxy) is 1. The fourth-order valence-electron chi connectivity index (χ4n) is 2.24. The van der Waals surface area contributed by atoms with Gasteiger partial charge in [-0.15, -0.1) is 0 Å². The summed E-state index contributed by atoms with van der Waals surface area (Å²) in [5.74, 6) is 0.949. The molecule has 0 radical (unpaired) electrons. The highest BCUT2D eigenvalue weighted by atomic mass is 16.5. The highest BCUT2D eigenvalue weighted by Crippen LogP contribution is 2.40. The Kier molecular flexibility index (Phi) is 3.69. The van der Waals surface area contributed by atoms with Crippen molar-refractivity contribution in [3.63, 3.8) is 0 Å². The number of aliphatic imine (C=N–C) groups is 1. The van der Waals surface area contributed by atoms with Crippen molar-refractivity contribution in [2.75, 3.05) is 27.3 Å². The van der Waals surface area contributed by atoms with Crippen LogP contribution in [0.1, 0.15) is 32.1 Å². The van der Waals surface area contributed by atoms with Crippen LogP contribution in [-0.2, 0) is 4.74 Å². The van der Waals surface area contributed by atoms with E-state index in [1.165, 1.54) is 32.1 Å². The molecule has 0 spiro atoms. The van der Waals surface area contributed by atoms with Crippen LogP contribution in [0.15, 0.2) is 4.99 Å². The number of hydrogen-bond acceptors (Lipinski definition) is 2. The van der Waals surface area contributed by atoms with Gasteiger partial charge in [-0.3, -0.25) is 4.99 Å². The summed E-state index contributed by atoms with van der Waals surface area (Å²) in [6.45, 7) is 1.84. The van der Waals surface area contributed by atoms with Crippen molar-refractivity contribution in [3.05, 3.63) is 0 Å². The second-order valence-electron chi connectivity index (χ2n) is 5.13. The molecule has 0 aromatic carbocycles. The zero-order valence-corrected chi connectivity index (χ0v) is 10.4. The molecule has 2 aliphatic rings. The number of nitrogens with zero attached hydrogens (tertiary/aromatic N) is 1. The van der Waals surface area contributed by atoms with Crippen molar-refractivity contribution < 1.29 is 4.74 Å². The normalized spacial score (nSPS) is 23.8. The first-order valence-electron chi connectivity index (χ1n) is 6.24. The predicted molar refractivity (Wildman–Crippen MR) is 65.7 cm³/mol. The van der Waals surface area contributed by atoms with E-state index in [0.29, 0.717) is 11.5 Å². The van der Waals surface area contributed by atoms with E-state index in [2.05, 4.69) is 15.6 Å². The molecule has 2 fully saturated rings. The summed E-state index contributed by atoms with van der Waals surface area (Å²) in [4.78, 5) is 4.24. The molecule has 0 amide bonds. The van der Waals surface area contributed by atoms with Crippen LogP contribution >= 0.6 is 0 Å². The average Bonchev–Trinajstić information content (AvgIpc) is 3.03. The lowest BCUT2D eigenvalue weighted by Gasteiger charge is -2.41. The van der Waals surface area contributed by atoms with Gasteiger partial charge < -0.3 is 15.4 Å². The van der Waals surface area contributed by atoms with Crippen LogP contribution in [0.25, 0.3) is 0 Å². The SMILES string of the molecule is CN=C(NCC1(COC)CCC1)NC1CC1. The van der Waals surface area contributed by atoms with Gasteiger partial charge in [0, 0.05) is 32.2 Å². The van der Waals surface area contributed by atoms with Crippen molar-refractivity contribution in [1.29, 1.82) is 0 Å². The third-order valence-corrected chi connectivity index (χ3v) is 3.64. The maximum absolute atomic E-state index is 5.31. The molecule has 0 saturated heterocycles. The molecule has 0 atom stereocenters. The third-order valence-electron chi connectivity index (χ3n) is 3.64. The van der Waals surface area contributed by atoms with E-state index in [1.807, 2.05) is 7.05 Å². The first-order chi connectivity index (χ1) is 7.78. The van der Waals surface area contributed by atoms with Crippen molar-refractivity contribution >= 4 is 5.96 Å². The van der Waals surface area contributed by atoms with Crippen LogP contribution in [0.3, 0.4) is 0 Å². The van der Waals surface area contributed by atoms with Gasteiger partial charge in [-0.2, -0.15) is 0 Å². The van der Waals surface area contributed by atoms with Gasteiger partial charge in [0.25, 0.3) is 0 Å². The molecule has 0 aliphatic heterocycles. The van der Waals surface area contributed by atoms with E-state index in [0.717, 1.165) is 19.1 Å². The molecule has 2 aliphatic carbocycles. The minimum Gasteiger partial charge on any atom is -0.384 e. The van der Waals surface area contributed by atoms with E-state index in [1.54, 1.807) is 7.11 Å². The first-order valence-corrected chi connectivity index (χ1v) is 6.24. The molecule has 2 N–H and O–H groups in total. The third kappa shape index (κ3) is 2.88. The summed E-state index contributed by atoms with van der Waals surface area (Å²) in [7, 11) is 3.62. The molecule has 0 aromatic rings. The number of nitrogens with one attached hydrogen (secondary N) is 2. The zero-order valence-electron chi connectivity index (χ0n) is 10.4.